The number of carbonyl (C=O) groups is 2. The zero-order valence-electron chi connectivity index (χ0n) is 21.9. The Balaban J connectivity index is 0.00000320. The number of carboxylic acids is 1. The molecule has 0 saturated heterocycles. The molecule has 0 bridgehead atoms. The number of benzene rings is 1. The molecule has 186 valence electrons. The third-order valence-corrected chi connectivity index (χ3v) is 7.58. The van der Waals surface area contributed by atoms with Crippen LogP contribution in [0.5, 0.6) is 0 Å². The van der Waals surface area contributed by atoms with E-state index < -0.39 is 5.97 Å². The summed E-state index contributed by atoms with van der Waals surface area (Å²) < 4.78 is 7.93. The number of hydrogen-bond donors (Lipinski definition) is 1. The minimum absolute atomic E-state index is 0. The molecule has 0 fully saturated rings. The summed E-state index contributed by atoms with van der Waals surface area (Å²) in [4.78, 5) is 26.2. The Morgan fingerprint density at radius 2 is 2.03 bits per heavy atom. The largest absolute Gasteiger partial charge is 1.00 e. The van der Waals surface area contributed by atoms with Crippen LogP contribution in [0.2, 0.25) is 0 Å². The monoisotopic (exact) mass is 507 g/mol. The first kappa shape index (κ1) is 27.4. The minimum atomic E-state index is -0.743. The molecular weight excluding hydrogens is 475 g/mol. The Morgan fingerprint density at radius 3 is 2.78 bits per heavy atom. The molecule has 0 amide bonds. The molecule has 5 rings (SSSR count). The number of esters is 1. The van der Waals surface area contributed by atoms with Crippen molar-refractivity contribution < 1.29 is 53.6 Å². The van der Waals surface area contributed by atoms with Crippen molar-refractivity contribution in [1.82, 2.24) is 0 Å². The number of aromatic nitrogens is 1. The molecule has 3 aliphatic rings. The number of allylic oxidation sites excluding steroid dienone is 1. The van der Waals surface area contributed by atoms with Gasteiger partial charge in [-0.15, -0.1) is 11.6 Å². The number of carboxylic acid groups (broad SMARTS) is 1. The molecule has 2 atom stereocenters. The van der Waals surface area contributed by atoms with Crippen LogP contribution in [0.3, 0.4) is 0 Å². The standard InChI is InChI=1S/C30H32N2O4.Na/c1-30(16-7-3-4-10-27(33)34)24-8-5-6-9-25(24)32-19-15-26-23(28(30)32)20-22(29(35)36-26)12-11-21-13-17-31(2)18-14-21;/h6,8-9,11-14,17-18,20,26H,3-4,7,10,15-16,19H2,1-2H3,(H,33,34);/q;+1. The molecule has 6 nitrogen and oxygen atoms in total. The van der Waals surface area contributed by atoms with Gasteiger partial charge in [-0.05, 0) is 36.0 Å². The van der Waals surface area contributed by atoms with Gasteiger partial charge in [0.2, 0.25) is 0 Å². The molecule has 0 spiro atoms. The molecule has 0 saturated carbocycles. The zero-order chi connectivity index (χ0) is 25.3. The van der Waals surface area contributed by atoms with Gasteiger partial charge in [0.1, 0.15) is 13.2 Å². The predicted molar refractivity (Wildman–Crippen MR) is 137 cm³/mol. The summed E-state index contributed by atoms with van der Waals surface area (Å²) in [6.07, 6.45) is 13.8. The number of carbonyl (C=O) groups excluding carboxylic acids is 1. The topological polar surface area (TPSA) is 70.7 Å². The number of aliphatic carboxylic acids is 1. The predicted octanol–water partition coefficient (Wildman–Crippen LogP) is 1.65. The van der Waals surface area contributed by atoms with Crippen molar-refractivity contribution in [2.45, 2.75) is 57.0 Å². The van der Waals surface area contributed by atoms with Crippen molar-refractivity contribution >= 4 is 23.7 Å². The molecule has 1 N–H and O–H groups in total. The molecule has 2 unspecified atom stereocenters. The van der Waals surface area contributed by atoms with Crippen LogP contribution in [0.15, 0.2) is 71.7 Å². The van der Waals surface area contributed by atoms with Crippen LogP contribution in [0.4, 0.5) is 5.69 Å². The Morgan fingerprint density at radius 1 is 1.24 bits per heavy atom. The van der Waals surface area contributed by atoms with Crippen molar-refractivity contribution in [2.75, 3.05) is 11.4 Å². The van der Waals surface area contributed by atoms with Gasteiger partial charge in [-0.25, -0.2) is 9.36 Å². The Kier molecular flexibility index (Phi) is 8.42. The Bertz CT molecular complexity index is 1280. The number of aryl methyl sites for hydroxylation is 1. The second kappa shape index (κ2) is 11.4. The number of pyridine rings is 1. The van der Waals surface area contributed by atoms with Crippen molar-refractivity contribution in [3.63, 3.8) is 0 Å². The Labute approximate surface area is 240 Å². The van der Waals surface area contributed by atoms with Crippen LogP contribution in [-0.4, -0.2) is 29.7 Å². The average molecular weight is 508 g/mol. The summed E-state index contributed by atoms with van der Waals surface area (Å²) in [5, 5.41) is 8.99. The van der Waals surface area contributed by atoms with E-state index in [4.69, 9.17) is 9.84 Å². The van der Waals surface area contributed by atoms with Crippen LogP contribution in [0.1, 0.15) is 56.6 Å². The van der Waals surface area contributed by atoms with Crippen LogP contribution in [0, 0.1) is 6.07 Å². The average Bonchev–Trinajstić information content (AvgIpc) is 3.12. The number of rotatable bonds is 8. The van der Waals surface area contributed by atoms with Crippen molar-refractivity contribution in [1.29, 1.82) is 0 Å². The third-order valence-electron chi connectivity index (χ3n) is 7.58. The third kappa shape index (κ3) is 5.47. The molecular formula is C30H32N2NaO4+. The summed E-state index contributed by atoms with van der Waals surface area (Å²) in [7, 11) is 1.97. The first-order valence-corrected chi connectivity index (χ1v) is 12.7. The van der Waals surface area contributed by atoms with E-state index in [-0.39, 0.29) is 53.5 Å². The van der Waals surface area contributed by atoms with Crippen molar-refractivity contribution in [3.05, 3.63) is 88.9 Å². The molecule has 2 aromatic rings. The normalized spacial score (nSPS) is 22.1. The number of ether oxygens (including phenoxy) is 1. The number of hydrogen-bond acceptors (Lipinski definition) is 4. The summed E-state index contributed by atoms with van der Waals surface area (Å²) in [6, 6.07) is 13.4. The van der Waals surface area contributed by atoms with Gasteiger partial charge < -0.3 is 14.7 Å². The smallest absolute Gasteiger partial charge is 0.481 e. The SMILES string of the molecule is C[n+]1ccc(/C=C/C2=CC3=C4N(CCC3OC2=O)c2cc[c-]cc2C4(C)CCCCCC(=O)O)cc1.[Na+]. The van der Waals surface area contributed by atoms with Crippen LogP contribution >= 0.6 is 0 Å². The number of unbranched alkanes of at least 4 members (excludes halogenated alkanes) is 2. The maximum atomic E-state index is 12.9. The summed E-state index contributed by atoms with van der Waals surface area (Å²) in [5.41, 5.74) is 6.03. The van der Waals surface area contributed by atoms with Crippen molar-refractivity contribution in [3.8, 4) is 0 Å². The van der Waals surface area contributed by atoms with Gasteiger partial charge in [0, 0.05) is 42.8 Å². The first-order chi connectivity index (χ1) is 17.4. The second-order valence-electron chi connectivity index (χ2n) is 10.1. The first-order valence-electron chi connectivity index (χ1n) is 12.7. The van der Waals surface area contributed by atoms with Gasteiger partial charge in [0.15, 0.2) is 12.4 Å². The maximum Gasteiger partial charge on any atom is 1.00 e. The van der Waals surface area contributed by atoms with Gasteiger partial charge >= 0.3 is 41.5 Å². The molecule has 4 heterocycles. The molecule has 1 aromatic heterocycles. The molecule has 0 aliphatic carbocycles. The van der Waals surface area contributed by atoms with E-state index in [0.717, 1.165) is 43.4 Å². The minimum Gasteiger partial charge on any atom is -0.481 e. The zero-order valence-corrected chi connectivity index (χ0v) is 23.9. The summed E-state index contributed by atoms with van der Waals surface area (Å²) in [6.45, 7) is 3.06. The van der Waals surface area contributed by atoms with E-state index in [1.165, 1.54) is 16.9 Å². The van der Waals surface area contributed by atoms with E-state index in [0.29, 0.717) is 12.0 Å². The van der Waals surface area contributed by atoms with E-state index in [2.05, 4.69) is 30.0 Å². The fraction of sp³-hybridized carbons (Fsp3) is 0.367. The molecule has 1 aromatic carbocycles. The van der Waals surface area contributed by atoms with Crippen LogP contribution in [-0.2, 0) is 26.8 Å². The fourth-order valence-corrected chi connectivity index (χ4v) is 5.72. The number of nitrogens with zero attached hydrogens (tertiary/aromatic N) is 2. The van der Waals surface area contributed by atoms with Crippen molar-refractivity contribution in [2.24, 2.45) is 7.05 Å². The van der Waals surface area contributed by atoms with E-state index >= 15 is 0 Å². The van der Waals surface area contributed by atoms with Gasteiger partial charge in [-0.3, -0.25) is 4.79 Å². The Hall–Kier alpha value is -2.67. The quantitative estimate of drug-likeness (QED) is 0.194. The fourth-order valence-electron chi connectivity index (χ4n) is 5.72. The number of anilines is 1. The van der Waals surface area contributed by atoms with Gasteiger partial charge in [-0.1, -0.05) is 31.5 Å². The van der Waals surface area contributed by atoms with Gasteiger partial charge in [-0.2, -0.15) is 18.2 Å². The molecule has 7 heteroatoms. The van der Waals surface area contributed by atoms with Crippen LogP contribution in [0.25, 0.3) is 6.08 Å². The maximum absolute atomic E-state index is 12.9. The van der Waals surface area contributed by atoms with E-state index in [1.54, 1.807) is 0 Å². The second-order valence-corrected chi connectivity index (χ2v) is 10.1. The molecule has 3 aliphatic heterocycles. The summed E-state index contributed by atoms with van der Waals surface area (Å²) >= 11 is 0. The molecule has 37 heavy (non-hydrogen) atoms. The van der Waals surface area contributed by atoms with Gasteiger partial charge in [0.25, 0.3) is 0 Å². The summed E-state index contributed by atoms with van der Waals surface area (Å²) in [5.74, 6) is -1.03. The van der Waals surface area contributed by atoms with Gasteiger partial charge in [0.05, 0.1) is 5.57 Å². The van der Waals surface area contributed by atoms with E-state index in [1.807, 2.05) is 60.4 Å². The van der Waals surface area contributed by atoms with E-state index in [9.17, 15) is 9.59 Å². The molecule has 0 radical (unpaired) electrons. The van der Waals surface area contributed by atoms with Crippen LogP contribution < -0.4 is 39.0 Å². The number of fused-ring (bicyclic) bond motifs is 4.